The number of aliphatic hydroxyl groups is 1. The molecule has 1 saturated carbocycles. The Labute approximate surface area is 108 Å². The molecule has 0 radical (unpaired) electrons. The number of hydrogen-bond acceptors (Lipinski definition) is 5. The highest BCUT2D eigenvalue weighted by molar-refractivity contribution is 5.73. The second kappa shape index (κ2) is 9.88. The average molecular weight is 260 g/mol. The first-order valence-corrected chi connectivity index (χ1v) is 6.49. The molecule has 0 aromatic carbocycles. The summed E-state index contributed by atoms with van der Waals surface area (Å²) in [6.07, 6.45) is 5.12. The van der Waals surface area contributed by atoms with Gasteiger partial charge in [0.05, 0.1) is 6.61 Å². The smallest absolute Gasteiger partial charge is 0.334 e. The van der Waals surface area contributed by atoms with Gasteiger partial charge in [0, 0.05) is 6.92 Å². The summed E-state index contributed by atoms with van der Waals surface area (Å²) >= 11 is 0. The van der Waals surface area contributed by atoms with E-state index < -0.39 is 12.1 Å². The molecule has 1 fully saturated rings. The molecule has 0 heterocycles. The fraction of sp³-hybridized carbons (Fsp3) is 0.846. The van der Waals surface area contributed by atoms with Crippen LogP contribution in [-0.2, 0) is 19.1 Å². The number of esters is 2. The topological polar surface area (TPSA) is 72.8 Å². The van der Waals surface area contributed by atoms with Crippen molar-refractivity contribution in [2.45, 2.75) is 65.1 Å². The molecule has 0 saturated heterocycles. The molecule has 0 aliphatic heterocycles. The second-order valence-corrected chi connectivity index (χ2v) is 4.30. The predicted octanol–water partition coefficient (Wildman–Crippen LogP) is 1.81. The van der Waals surface area contributed by atoms with Gasteiger partial charge in [-0.1, -0.05) is 6.42 Å². The Morgan fingerprint density at radius 1 is 1.28 bits per heavy atom. The van der Waals surface area contributed by atoms with Gasteiger partial charge in [0.15, 0.2) is 0 Å². The molecule has 1 N–H and O–H groups in total. The highest BCUT2D eigenvalue weighted by Crippen LogP contribution is 2.19. The fourth-order valence-electron chi connectivity index (χ4n) is 1.68. The van der Waals surface area contributed by atoms with Crippen molar-refractivity contribution in [1.29, 1.82) is 0 Å². The zero-order valence-electron chi connectivity index (χ0n) is 11.5. The SMILES string of the molecule is CC(=O)OC1CCCCC1.CCOC(=O)C(C)O. The van der Waals surface area contributed by atoms with Crippen molar-refractivity contribution >= 4 is 11.9 Å². The highest BCUT2D eigenvalue weighted by atomic mass is 16.5. The van der Waals surface area contributed by atoms with Crippen LogP contribution in [0.2, 0.25) is 0 Å². The molecular formula is C13H24O5. The normalized spacial score (nSPS) is 17.1. The number of carbonyl (C=O) groups is 2. The average Bonchev–Trinajstić information content (AvgIpc) is 2.30. The molecule has 5 heteroatoms. The van der Waals surface area contributed by atoms with Crippen molar-refractivity contribution in [3.05, 3.63) is 0 Å². The molecule has 1 atom stereocenters. The first-order valence-electron chi connectivity index (χ1n) is 6.49. The summed E-state index contributed by atoms with van der Waals surface area (Å²) in [5, 5.41) is 8.48. The maximum Gasteiger partial charge on any atom is 0.334 e. The van der Waals surface area contributed by atoms with Crippen LogP contribution in [0.3, 0.4) is 0 Å². The van der Waals surface area contributed by atoms with Gasteiger partial charge in [-0.05, 0) is 39.5 Å². The summed E-state index contributed by atoms with van der Waals surface area (Å²) in [7, 11) is 0. The van der Waals surface area contributed by atoms with Crippen LogP contribution in [0.25, 0.3) is 0 Å². The van der Waals surface area contributed by atoms with Gasteiger partial charge in [-0.3, -0.25) is 4.79 Å². The van der Waals surface area contributed by atoms with Gasteiger partial charge in [-0.2, -0.15) is 0 Å². The third kappa shape index (κ3) is 8.98. The Hall–Kier alpha value is -1.10. The fourth-order valence-corrected chi connectivity index (χ4v) is 1.68. The Kier molecular flexibility index (Phi) is 9.28. The first kappa shape index (κ1) is 16.9. The van der Waals surface area contributed by atoms with Crippen LogP contribution >= 0.6 is 0 Å². The molecule has 0 spiro atoms. The number of rotatable bonds is 3. The van der Waals surface area contributed by atoms with E-state index in [4.69, 9.17) is 9.84 Å². The highest BCUT2D eigenvalue weighted by Gasteiger charge is 2.14. The van der Waals surface area contributed by atoms with Crippen molar-refractivity contribution in [2.75, 3.05) is 6.61 Å². The molecule has 0 amide bonds. The Balaban J connectivity index is 0.000000331. The van der Waals surface area contributed by atoms with E-state index in [1.165, 1.54) is 33.1 Å². The minimum absolute atomic E-state index is 0.132. The molecule has 18 heavy (non-hydrogen) atoms. The van der Waals surface area contributed by atoms with E-state index in [0.717, 1.165) is 12.8 Å². The minimum atomic E-state index is -0.991. The molecule has 1 aliphatic rings. The summed E-state index contributed by atoms with van der Waals surface area (Å²) in [6, 6.07) is 0. The van der Waals surface area contributed by atoms with E-state index in [0.29, 0.717) is 6.61 Å². The van der Waals surface area contributed by atoms with Gasteiger partial charge in [-0.15, -0.1) is 0 Å². The zero-order valence-corrected chi connectivity index (χ0v) is 11.5. The zero-order chi connectivity index (χ0) is 14.0. The molecule has 5 nitrogen and oxygen atoms in total. The lowest BCUT2D eigenvalue weighted by atomic mass is 9.98. The predicted molar refractivity (Wildman–Crippen MR) is 67.0 cm³/mol. The molecule has 0 aromatic heterocycles. The molecular weight excluding hydrogens is 236 g/mol. The van der Waals surface area contributed by atoms with E-state index in [1.807, 2.05) is 0 Å². The van der Waals surface area contributed by atoms with E-state index in [2.05, 4.69) is 4.74 Å². The van der Waals surface area contributed by atoms with E-state index >= 15 is 0 Å². The summed E-state index contributed by atoms with van der Waals surface area (Å²) in [4.78, 5) is 20.8. The van der Waals surface area contributed by atoms with Gasteiger partial charge in [-0.25, -0.2) is 4.79 Å². The molecule has 1 aliphatic carbocycles. The van der Waals surface area contributed by atoms with Gasteiger partial charge < -0.3 is 14.6 Å². The third-order valence-electron chi connectivity index (χ3n) is 2.51. The quantitative estimate of drug-likeness (QED) is 0.783. The summed E-state index contributed by atoms with van der Waals surface area (Å²) in [6.45, 7) is 4.87. The Bertz CT molecular complexity index is 244. The lowest BCUT2D eigenvalue weighted by Gasteiger charge is -2.20. The number of ether oxygens (including phenoxy) is 2. The van der Waals surface area contributed by atoms with Crippen LogP contribution in [0.4, 0.5) is 0 Å². The van der Waals surface area contributed by atoms with Crippen molar-refractivity contribution in [2.24, 2.45) is 0 Å². The van der Waals surface area contributed by atoms with Crippen molar-refractivity contribution < 1.29 is 24.2 Å². The number of hydrogen-bond donors (Lipinski definition) is 1. The minimum Gasteiger partial charge on any atom is -0.464 e. The molecule has 106 valence electrons. The largest absolute Gasteiger partial charge is 0.464 e. The van der Waals surface area contributed by atoms with Crippen LogP contribution in [0, 0.1) is 0 Å². The summed E-state index contributed by atoms with van der Waals surface area (Å²) in [5.41, 5.74) is 0. The van der Waals surface area contributed by atoms with Gasteiger partial charge in [0.2, 0.25) is 0 Å². The van der Waals surface area contributed by atoms with Crippen molar-refractivity contribution in [3.63, 3.8) is 0 Å². The monoisotopic (exact) mass is 260 g/mol. The molecule has 1 rings (SSSR count). The van der Waals surface area contributed by atoms with Crippen molar-refractivity contribution in [1.82, 2.24) is 0 Å². The standard InChI is InChI=1S/C8H14O2.C5H10O3/c1-7(9)10-8-5-3-2-4-6-8;1-3-8-5(7)4(2)6/h8H,2-6H2,1H3;4,6H,3H2,1-2H3. The van der Waals surface area contributed by atoms with Crippen LogP contribution in [0.1, 0.15) is 52.9 Å². The van der Waals surface area contributed by atoms with Crippen LogP contribution in [-0.4, -0.2) is 35.9 Å². The number of carbonyl (C=O) groups excluding carboxylic acids is 2. The van der Waals surface area contributed by atoms with E-state index in [-0.39, 0.29) is 12.1 Å². The molecule has 0 bridgehead atoms. The van der Waals surface area contributed by atoms with E-state index in [9.17, 15) is 9.59 Å². The van der Waals surface area contributed by atoms with Gasteiger partial charge in [0.1, 0.15) is 12.2 Å². The lowest BCUT2D eigenvalue weighted by molar-refractivity contribution is -0.152. The summed E-state index contributed by atoms with van der Waals surface area (Å²) in [5.74, 6) is -0.695. The maximum atomic E-state index is 10.5. The second-order valence-electron chi connectivity index (χ2n) is 4.30. The van der Waals surface area contributed by atoms with Crippen LogP contribution < -0.4 is 0 Å². The summed E-state index contributed by atoms with van der Waals surface area (Å²) < 4.78 is 9.47. The van der Waals surface area contributed by atoms with Crippen LogP contribution in [0.15, 0.2) is 0 Å². The van der Waals surface area contributed by atoms with Gasteiger partial charge >= 0.3 is 11.9 Å². The van der Waals surface area contributed by atoms with Gasteiger partial charge in [0.25, 0.3) is 0 Å². The maximum absolute atomic E-state index is 10.5. The first-order chi connectivity index (χ1) is 8.47. The molecule has 1 unspecified atom stereocenters. The van der Waals surface area contributed by atoms with E-state index in [1.54, 1.807) is 6.92 Å². The number of aliphatic hydroxyl groups excluding tert-OH is 1. The van der Waals surface area contributed by atoms with Crippen LogP contribution in [0.5, 0.6) is 0 Å². The molecule has 0 aromatic rings. The lowest BCUT2D eigenvalue weighted by Crippen LogP contribution is -2.18. The van der Waals surface area contributed by atoms with Crippen molar-refractivity contribution in [3.8, 4) is 0 Å². The Morgan fingerprint density at radius 2 is 1.83 bits per heavy atom. The Morgan fingerprint density at radius 3 is 2.17 bits per heavy atom. The third-order valence-corrected chi connectivity index (χ3v) is 2.51.